The molecule has 0 fully saturated rings. The lowest BCUT2D eigenvalue weighted by Crippen LogP contribution is -2.25. The molecule has 2 aromatic heterocycles. The average molecular weight is 682 g/mol. The SMILES string of the molecule is [2H]c1c([2H])c([2H])c(N2CN(c3cc(C(C)(C)C)cc(C(F)(F)c4ccc5c6ccccc6n(-c6cc(C(C)(C)C)ccn6)c5c4)c3)c3ccccc32)c([2H])c1[2H]. The fraction of sp³-hybridized carbons (Fsp3) is 0.222. The van der Waals surface area contributed by atoms with Crippen molar-refractivity contribution >= 4 is 44.6 Å². The Bertz CT molecular complexity index is 2680. The van der Waals surface area contributed by atoms with E-state index in [2.05, 4.69) is 20.8 Å². The first-order chi connectivity index (χ1) is 26.4. The van der Waals surface area contributed by atoms with Crippen molar-refractivity contribution in [3.8, 4) is 5.82 Å². The highest BCUT2D eigenvalue weighted by atomic mass is 19.3. The molecule has 0 saturated carbocycles. The lowest BCUT2D eigenvalue weighted by atomic mass is 9.84. The molecule has 0 atom stereocenters. The van der Waals surface area contributed by atoms with Crippen molar-refractivity contribution in [3.63, 3.8) is 0 Å². The highest BCUT2D eigenvalue weighted by molar-refractivity contribution is 6.09. The maximum Gasteiger partial charge on any atom is 0.298 e. The number of hydrogen-bond acceptors (Lipinski definition) is 3. The van der Waals surface area contributed by atoms with E-state index < -0.39 is 29.5 Å². The van der Waals surface area contributed by atoms with Gasteiger partial charge < -0.3 is 9.80 Å². The van der Waals surface area contributed by atoms with Crippen LogP contribution < -0.4 is 9.80 Å². The van der Waals surface area contributed by atoms with Gasteiger partial charge in [0, 0.05) is 39.5 Å². The Balaban J connectivity index is 1.29. The monoisotopic (exact) mass is 681 g/mol. The molecule has 0 N–H and O–H groups in total. The topological polar surface area (TPSA) is 24.3 Å². The molecule has 3 heterocycles. The molecule has 7 aromatic rings. The van der Waals surface area contributed by atoms with Crippen molar-refractivity contribution in [1.82, 2.24) is 9.55 Å². The van der Waals surface area contributed by atoms with Gasteiger partial charge in [0.1, 0.15) is 12.5 Å². The molecule has 6 heteroatoms. The maximum absolute atomic E-state index is 17.4. The van der Waals surface area contributed by atoms with Crippen LogP contribution in [0.3, 0.4) is 0 Å². The van der Waals surface area contributed by atoms with Crippen LogP contribution in [-0.4, -0.2) is 16.2 Å². The molecule has 1 aliphatic heterocycles. The van der Waals surface area contributed by atoms with Gasteiger partial charge in [-0.2, -0.15) is 8.78 Å². The first-order valence-electron chi connectivity index (χ1n) is 19.6. The molecular formula is C45H42F2N4. The molecule has 0 amide bonds. The zero-order chi connectivity index (χ0) is 40.1. The minimum absolute atomic E-state index is 0.0229. The molecule has 0 bridgehead atoms. The van der Waals surface area contributed by atoms with Gasteiger partial charge in [0.05, 0.1) is 29.3 Å². The number of fused-ring (bicyclic) bond motifs is 4. The number of nitrogens with zero attached hydrogens (tertiary/aromatic N) is 4. The van der Waals surface area contributed by atoms with Gasteiger partial charge in [-0.3, -0.25) is 4.57 Å². The molecule has 5 aromatic carbocycles. The highest BCUT2D eigenvalue weighted by Crippen LogP contribution is 2.47. The van der Waals surface area contributed by atoms with Crippen LogP contribution in [0.1, 0.15) is 70.7 Å². The van der Waals surface area contributed by atoms with Crippen molar-refractivity contribution < 1.29 is 15.6 Å². The zero-order valence-corrected chi connectivity index (χ0v) is 29.6. The van der Waals surface area contributed by atoms with E-state index in [-0.39, 0.29) is 41.0 Å². The van der Waals surface area contributed by atoms with Crippen molar-refractivity contribution in [2.24, 2.45) is 0 Å². The summed E-state index contributed by atoms with van der Waals surface area (Å²) in [6.45, 7) is 12.4. The van der Waals surface area contributed by atoms with E-state index in [1.165, 1.54) is 12.1 Å². The fourth-order valence-electron chi connectivity index (χ4n) is 6.97. The first-order valence-corrected chi connectivity index (χ1v) is 17.1. The minimum Gasteiger partial charge on any atom is -0.321 e. The van der Waals surface area contributed by atoms with Crippen LogP contribution in [-0.2, 0) is 16.8 Å². The van der Waals surface area contributed by atoms with Crippen LogP contribution >= 0.6 is 0 Å². The Labute approximate surface area is 305 Å². The van der Waals surface area contributed by atoms with Gasteiger partial charge in [-0.05, 0) is 88.6 Å². The molecular weight excluding hydrogens is 635 g/mol. The molecule has 0 spiro atoms. The van der Waals surface area contributed by atoms with E-state index in [4.69, 9.17) is 11.8 Å². The third-order valence-corrected chi connectivity index (χ3v) is 9.84. The van der Waals surface area contributed by atoms with Crippen molar-refractivity contribution in [1.29, 1.82) is 0 Å². The summed E-state index contributed by atoms with van der Waals surface area (Å²) in [5, 5.41) is 1.78. The van der Waals surface area contributed by atoms with Crippen molar-refractivity contribution in [3.05, 3.63) is 156 Å². The summed E-state index contributed by atoms with van der Waals surface area (Å²) in [4.78, 5) is 8.24. The number of benzene rings is 5. The van der Waals surface area contributed by atoms with Gasteiger partial charge in [-0.1, -0.05) is 102 Å². The van der Waals surface area contributed by atoms with Gasteiger partial charge >= 0.3 is 0 Å². The largest absolute Gasteiger partial charge is 0.321 e. The summed E-state index contributed by atoms with van der Waals surface area (Å²) < 4.78 is 78.9. The Morgan fingerprint density at radius 3 is 1.92 bits per heavy atom. The molecule has 0 unspecified atom stereocenters. The smallest absolute Gasteiger partial charge is 0.298 e. The van der Waals surface area contributed by atoms with E-state index in [0.717, 1.165) is 21.9 Å². The Morgan fingerprint density at radius 2 is 1.22 bits per heavy atom. The average Bonchev–Trinajstić information content (AvgIpc) is 3.71. The van der Waals surface area contributed by atoms with Gasteiger partial charge in [-0.15, -0.1) is 0 Å². The van der Waals surface area contributed by atoms with Gasteiger partial charge in [-0.25, -0.2) is 4.98 Å². The summed E-state index contributed by atoms with van der Waals surface area (Å²) >= 11 is 0. The van der Waals surface area contributed by atoms with Crippen LogP contribution in [0, 0.1) is 0 Å². The third-order valence-electron chi connectivity index (χ3n) is 9.84. The first kappa shape index (κ1) is 27.3. The van der Waals surface area contributed by atoms with E-state index >= 15 is 8.78 Å². The summed E-state index contributed by atoms with van der Waals surface area (Å²) in [5.74, 6) is -2.78. The summed E-state index contributed by atoms with van der Waals surface area (Å²) in [6, 6.07) is 27.0. The number of hydrogen-bond donors (Lipinski definition) is 0. The highest BCUT2D eigenvalue weighted by Gasteiger charge is 2.38. The molecule has 8 rings (SSSR count). The van der Waals surface area contributed by atoms with E-state index in [1.54, 1.807) is 41.4 Å². The molecule has 51 heavy (non-hydrogen) atoms. The molecule has 0 saturated heterocycles. The molecule has 1 aliphatic rings. The number of pyridine rings is 1. The van der Waals surface area contributed by atoms with E-state index in [1.807, 2.05) is 84.8 Å². The lowest BCUT2D eigenvalue weighted by Gasteiger charge is -2.28. The number of aromatic nitrogens is 2. The second kappa shape index (κ2) is 11.8. The Morgan fingerprint density at radius 1 is 0.588 bits per heavy atom. The molecule has 0 aliphatic carbocycles. The Hall–Kier alpha value is -5.49. The molecule has 4 nitrogen and oxygen atoms in total. The van der Waals surface area contributed by atoms with Crippen LogP contribution in [0.15, 0.2) is 133 Å². The van der Waals surface area contributed by atoms with Gasteiger partial charge in [0.2, 0.25) is 0 Å². The van der Waals surface area contributed by atoms with E-state index in [0.29, 0.717) is 34.0 Å². The van der Waals surface area contributed by atoms with E-state index in [9.17, 15) is 0 Å². The second-order valence-electron chi connectivity index (χ2n) is 15.3. The third kappa shape index (κ3) is 5.63. The fourth-order valence-corrected chi connectivity index (χ4v) is 6.97. The number of para-hydroxylation sites is 4. The van der Waals surface area contributed by atoms with Crippen LogP contribution in [0.5, 0.6) is 0 Å². The van der Waals surface area contributed by atoms with Crippen LogP contribution in [0.4, 0.5) is 31.5 Å². The van der Waals surface area contributed by atoms with Crippen LogP contribution in [0.25, 0.3) is 27.6 Å². The second-order valence-corrected chi connectivity index (χ2v) is 15.3. The predicted octanol–water partition coefficient (Wildman–Crippen LogP) is 12.2. The van der Waals surface area contributed by atoms with Crippen molar-refractivity contribution in [2.45, 2.75) is 58.3 Å². The number of anilines is 4. The predicted molar refractivity (Wildman–Crippen MR) is 207 cm³/mol. The number of alkyl halides is 2. The summed E-state index contributed by atoms with van der Waals surface area (Å²) in [6.07, 6.45) is 1.77. The zero-order valence-electron chi connectivity index (χ0n) is 34.6. The summed E-state index contributed by atoms with van der Waals surface area (Å²) in [7, 11) is 0. The minimum atomic E-state index is -3.43. The lowest BCUT2D eigenvalue weighted by molar-refractivity contribution is 0.0428. The molecule has 0 radical (unpaired) electrons. The molecule has 256 valence electrons. The van der Waals surface area contributed by atoms with Crippen molar-refractivity contribution in [2.75, 3.05) is 16.5 Å². The standard InChI is InChI=1S/C45H42F2N4/c1-43(2,3)30-22-23-48-42(28-30)51-38-17-11-10-16-36(38)37-21-20-31(27-41(37)51)45(46,47)33-24-32(44(4,5)6)25-35(26-33)50-29-49(34-14-8-7-9-15-34)39-18-12-13-19-40(39)50/h7-28H,29H2,1-6H3/i7D,8D,9D,14D,15D. The number of halogens is 2. The van der Waals surface area contributed by atoms with Gasteiger partial charge in [0.15, 0.2) is 0 Å². The number of rotatable bonds is 5. The maximum atomic E-state index is 17.4. The van der Waals surface area contributed by atoms with Gasteiger partial charge in [0.25, 0.3) is 5.92 Å². The normalized spacial score (nSPS) is 15.1. The van der Waals surface area contributed by atoms with Crippen LogP contribution in [0.2, 0.25) is 0 Å². The Kier molecular flexibility index (Phi) is 6.31. The quantitative estimate of drug-likeness (QED) is 0.181. The summed E-state index contributed by atoms with van der Waals surface area (Å²) in [5.41, 5.74) is 4.04.